The SMILES string of the molecule is Cc1ccc(C)c(Cn2c3cc(-c4ccc(Cl)cc4Cl)c[c]c3c3c(C(N)=O)cccc32)c1. The van der Waals surface area contributed by atoms with Crippen molar-refractivity contribution < 1.29 is 4.79 Å². The van der Waals surface area contributed by atoms with Gasteiger partial charge in [0.25, 0.3) is 0 Å². The van der Waals surface area contributed by atoms with E-state index in [-0.39, 0.29) is 0 Å². The van der Waals surface area contributed by atoms with Crippen LogP contribution in [0.15, 0.2) is 66.7 Å². The Kier molecular flexibility index (Phi) is 5.40. The molecule has 5 aromatic rings. The molecule has 5 heteroatoms. The minimum Gasteiger partial charge on any atom is -0.366 e. The maximum Gasteiger partial charge on any atom is 0.249 e. The summed E-state index contributed by atoms with van der Waals surface area (Å²) in [5, 5.41) is 2.84. The van der Waals surface area contributed by atoms with Gasteiger partial charge in [-0.3, -0.25) is 4.79 Å². The molecule has 0 spiro atoms. The molecule has 33 heavy (non-hydrogen) atoms. The molecular formula is C28H21Cl2N2O. The number of rotatable bonds is 4. The third kappa shape index (κ3) is 3.78. The molecule has 2 N–H and O–H groups in total. The molecule has 4 aromatic carbocycles. The van der Waals surface area contributed by atoms with E-state index >= 15 is 0 Å². The van der Waals surface area contributed by atoms with E-state index in [4.69, 9.17) is 28.9 Å². The lowest BCUT2D eigenvalue weighted by Gasteiger charge is -2.12. The first-order chi connectivity index (χ1) is 15.8. The van der Waals surface area contributed by atoms with Crippen molar-refractivity contribution in [2.45, 2.75) is 20.4 Å². The maximum absolute atomic E-state index is 12.3. The number of halogens is 2. The molecule has 1 heterocycles. The highest BCUT2D eigenvalue weighted by Crippen LogP contribution is 2.37. The van der Waals surface area contributed by atoms with E-state index in [1.54, 1.807) is 12.1 Å². The van der Waals surface area contributed by atoms with E-state index < -0.39 is 5.91 Å². The average Bonchev–Trinajstić information content (AvgIpc) is 3.09. The predicted molar refractivity (Wildman–Crippen MR) is 137 cm³/mol. The van der Waals surface area contributed by atoms with Crippen LogP contribution in [0.2, 0.25) is 10.0 Å². The second kappa shape index (κ2) is 8.26. The zero-order valence-corrected chi connectivity index (χ0v) is 19.8. The molecule has 1 radical (unpaired) electrons. The van der Waals surface area contributed by atoms with Crippen LogP contribution in [-0.4, -0.2) is 10.5 Å². The summed E-state index contributed by atoms with van der Waals surface area (Å²) in [5.74, 6) is -0.454. The Bertz CT molecular complexity index is 1570. The van der Waals surface area contributed by atoms with Gasteiger partial charge in [-0.1, -0.05) is 59.1 Å². The van der Waals surface area contributed by atoms with Crippen LogP contribution in [0.1, 0.15) is 27.0 Å². The highest BCUT2D eigenvalue weighted by molar-refractivity contribution is 6.36. The largest absolute Gasteiger partial charge is 0.366 e. The Morgan fingerprint density at radius 3 is 2.58 bits per heavy atom. The molecule has 0 atom stereocenters. The van der Waals surface area contributed by atoms with Crippen molar-refractivity contribution in [3.8, 4) is 11.1 Å². The normalized spacial score (nSPS) is 11.4. The van der Waals surface area contributed by atoms with Crippen molar-refractivity contribution >= 4 is 50.9 Å². The van der Waals surface area contributed by atoms with Crippen LogP contribution >= 0.6 is 23.2 Å². The first-order valence-corrected chi connectivity index (χ1v) is 11.4. The lowest BCUT2D eigenvalue weighted by atomic mass is 10.0. The zero-order valence-electron chi connectivity index (χ0n) is 18.2. The third-order valence-electron chi connectivity index (χ3n) is 6.14. The molecule has 0 aliphatic carbocycles. The van der Waals surface area contributed by atoms with Crippen LogP contribution in [0.5, 0.6) is 0 Å². The van der Waals surface area contributed by atoms with Gasteiger partial charge in [-0.15, -0.1) is 0 Å². The minimum absolute atomic E-state index is 0.454. The number of primary amides is 1. The molecule has 0 unspecified atom stereocenters. The number of nitrogens with two attached hydrogens (primary N) is 1. The molecule has 3 nitrogen and oxygen atoms in total. The monoisotopic (exact) mass is 471 g/mol. The van der Waals surface area contributed by atoms with Crippen LogP contribution in [-0.2, 0) is 6.54 Å². The van der Waals surface area contributed by atoms with Gasteiger partial charge in [-0.25, -0.2) is 0 Å². The molecule has 0 saturated heterocycles. The predicted octanol–water partition coefficient (Wildman–Crippen LogP) is 7.33. The summed E-state index contributed by atoms with van der Waals surface area (Å²) in [7, 11) is 0. The van der Waals surface area contributed by atoms with Crippen molar-refractivity contribution in [1.29, 1.82) is 0 Å². The van der Waals surface area contributed by atoms with E-state index in [9.17, 15) is 4.79 Å². The molecule has 1 amide bonds. The number of hydrogen-bond donors (Lipinski definition) is 1. The smallest absolute Gasteiger partial charge is 0.249 e. The number of amides is 1. The minimum atomic E-state index is -0.454. The van der Waals surface area contributed by atoms with Crippen molar-refractivity contribution in [1.82, 2.24) is 4.57 Å². The molecule has 1 aromatic heterocycles. The number of fused-ring (bicyclic) bond motifs is 3. The molecule has 163 valence electrons. The van der Waals surface area contributed by atoms with E-state index in [1.165, 1.54) is 16.7 Å². The van der Waals surface area contributed by atoms with Crippen LogP contribution in [0.25, 0.3) is 32.9 Å². The lowest BCUT2D eigenvalue weighted by Crippen LogP contribution is -2.11. The zero-order chi connectivity index (χ0) is 23.3. The first-order valence-electron chi connectivity index (χ1n) is 10.6. The standard InChI is InChI=1S/C28H21Cl2N2O/c1-16-6-7-17(2)19(12-16)15-32-25-5-3-4-23(28(31)33)27(25)22-10-8-18(13-26(22)32)21-11-9-20(29)14-24(21)30/h3-9,11-14H,15H2,1-2H3,(H2,31,33). The number of hydrogen-bond acceptors (Lipinski definition) is 1. The van der Waals surface area contributed by atoms with Gasteiger partial charge in [-0.2, -0.15) is 0 Å². The average molecular weight is 472 g/mol. The van der Waals surface area contributed by atoms with Gasteiger partial charge in [-0.05, 0) is 73.0 Å². The van der Waals surface area contributed by atoms with Gasteiger partial charge in [0.2, 0.25) is 5.91 Å². The van der Waals surface area contributed by atoms with Gasteiger partial charge >= 0.3 is 0 Å². The van der Waals surface area contributed by atoms with E-state index in [0.29, 0.717) is 22.2 Å². The Balaban J connectivity index is 1.82. The summed E-state index contributed by atoms with van der Waals surface area (Å²) in [6.07, 6.45) is 0. The van der Waals surface area contributed by atoms with Gasteiger partial charge in [0, 0.05) is 38.5 Å². The molecular weight excluding hydrogens is 451 g/mol. The second-order valence-corrected chi connectivity index (χ2v) is 9.20. The number of aromatic nitrogens is 1. The molecule has 0 aliphatic heterocycles. The van der Waals surface area contributed by atoms with Gasteiger partial charge in [0.1, 0.15) is 0 Å². The summed E-state index contributed by atoms with van der Waals surface area (Å²) < 4.78 is 2.22. The van der Waals surface area contributed by atoms with Crippen LogP contribution in [0.4, 0.5) is 0 Å². The van der Waals surface area contributed by atoms with Crippen molar-refractivity contribution in [2.24, 2.45) is 5.73 Å². The number of aryl methyl sites for hydroxylation is 2. The molecule has 0 saturated carbocycles. The first kappa shape index (κ1) is 21.6. The fourth-order valence-corrected chi connectivity index (χ4v) is 4.97. The summed E-state index contributed by atoms with van der Waals surface area (Å²) in [6, 6.07) is 25.0. The van der Waals surface area contributed by atoms with E-state index in [2.05, 4.69) is 48.7 Å². The quantitative estimate of drug-likeness (QED) is 0.292. The summed E-state index contributed by atoms with van der Waals surface area (Å²) in [4.78, 5) is 12.3. The second-order valence-electron chi connectivity index (χ2n) is 8.35. The Morgan fingerprint density at radius 1 is 1.00 bits per heavy atom. The lowest BCUT2D eigenvalue weighted by molar-refractivity contribution is 0.100. The molecule has 0 bridgehead atoms. The maximum atomic E-state index is 12.3. The Hall–Kier alpha value is -3.27. The Morgan fingerprint density at radius 2 is 1.82 bits per heavy atom. The summed E-state index contributed by atoms with van der Waals surface area (Å²) in [5.41, 5.74) is 13.6. The highest BCUT2D eigenvalue weighted by atomic mass is 35.5. The molecule has 5 rings (SSSR count). The Labute approximate surface area is 202 Å². The van der Waals surface area contributed by atoms with Crippen molar-refractivity contribution in [2.75, 3.05) is 0 Å². The third-order valence-corrected chi connectivity index (χ3v) is 6.68. The van der Waals surface area contributed by atoms with Crippen molar-refractivity contribution in [3.63, 3.8) is 0 Å². The number of carbonyl (C=O) groups is 1. The van der Waals surface area contributed by atoms with Gasteiger partial charge in [0.15, 0.2) is 0 Å². The number of carbonyl (C=O) groups excluding carboxylic acids is 1. The highest BCUT2D eigenvalue weighted by Gasteiger charge is 2.18. The molecule has 0 aliphatic rings. The van der Waals surface area contributed by atoms with Gasteiger partial charge < -0.3 is 10.3 Å². The summed E-state index contributed by atoms with van der Waals surface area (Å²) >= 11 is 12.6. The fourth-order valence-electron chi connectivity index (χ4n) is 4.45. The number of benzene rings is 4. The van der Waals surface area contributed by atoms with Crippen LogP contribution in [0.3, 0.4) is 0 Å². The topological polar surface area (TPSA) is 48.0 Å². The van der Waals surface area contributed by atoms with Gasteiger partial charge in [0.05, 0.1) is 11.0 Å². The summed E-state index contributed by atoms with van der Waals surface area (Å²) in [6.45, 7) is 4.86. The van der Waals surface area contributed by atoms with Crippen molar-refractivity contribution in [3.05, 3.63) is 105 Å². The van der Waals surface area contributed by atoms with E-state index in [0.717, 1.165) is 32.9 Å². The van der Waals surface area contributed by atoms with Crippen LogP contribution < -0.4 is 5.73 Å². The van der Waals surface area contributed by atoms with Crippen LogP contribution in [0, 0.1) is 19.9 Å². The number of nitrogens with zero attached hydrogens (tertiary/aromatic N) is 1. The van der Waals surface area contributed by atoms with E-state index in [1.807, 2.05) is 30.3 Å². The molecule has 0 fully saturated rings. The fraction of sp³-hybridized carbons (Fsp3) is 0.107.